The van der Waals surface area contributed by atoms with Crippen LogP contribution in [0.1, 0.15) is 37.8 Å². The van der Waals surface area contributed by atoms with Crippen LogP contribution >= 0.6 is 0 Å². The first kappa shape index (κ1) is 14.6. The van der Waals surface area contributed by atoms with Gasteiger partial charge < -0.3 is 10.4 Å². The van der Waals surface area contributed by atoms with Crippen LogP contribution < -0.4 is 5.32 Å². The van der Waals surface area contributed by atoms with Gasteiger partial charge in [-0.1, -0.05) is 56.3 Å². The van der Waals surface area contributed by atoms with Crippen LogP contribution in [0.5, 0.6) is 0 Å². The van der Waals surface area contributed by atoms with Gasteiger partial charge in [-0.2, -0.15) is 0 Å². The first-order chi connectivity index (χ1) is 9.55. The Morgan fingerprint density at radius 2 is 1.60 bits per heavy atom. The van der Waals surface area contributed by atoms with E-state index < -0.39 is 5.54 Å². The first-order valence-corrected chi connectivity index (χ1v) is 7.10. The number of hydrogen-bond donors (Lipinski definition) is 2. The van der Waals surface area contributed by atoms with Crippen molar-refractivity contribution in [3.05, 3.63) is 65.7 Å². The number of aliphatic hydroxyl groups is 1. The highest BCUT2D eigenvalue weighted by molar-refractivity contribution is 5.48. The predicted octanol–water partition coefficient (Wildman–Crippen LogP) is 4.13. The van der Waals surface area contributed by atoms with Gasteiger partial charge in [0, 0.05) is 5.69 Å². The fourth-order valence-corrected chi connectivity index (χ4v) is 2.28. The maximum atomic E-state index is 9.82. The zero-order chi connectivity index (χ0) is 14.6. The lowest BCUT2D eigenvalue weighted by atomic mass is 9.90. The van der Waals surface area contributed by atoms with Gasteiger partial charge in [0.1, 0.15) is 0 Å². The van der Waals surface area contributed by atoms with E-state index in [-0.39, 0.29) is 6.61 Å². The summed E-state index contributed by atoms with van der Waals surface area (Å²) >= 11 is 0. The second-order valence-corrected chi connectivity index (χ2v) is 5.76. The zero-order valence-electron chi connectivity index (χ0n) is 12.4. The fourth-order valence-electron chi connectivity index (χ4n) is 2.28. The molecule has 0 aliphatic carbocycles. The summed E-state index contributed by atoms with van der Waals surface area (Å²) in [6.45, 7) is 6.43. The average Bonchev–Trinajstić information content (AvgIpc) is 2.48. The predicted molar refractivity (Wildman–Crippen MR) is 85.0 cm³/mol. The van der Waals surface area contributed by atoms with E-state index in [2.05, 4.69) is 43.4 Å². The molecule has 0 saturated heterocycles. The van der Waals surface area contributed by atoms with E-state index in [0.717, 1.165) is 11.3 Å². The molecule has 0 aliphatic heterocycles. The molecule has 0 aromatic heterocycles. The van der Waals surface area contributed by atoms with E-state index in [4.69, 9.17) is 0 Å². The Balaban J connectivity index is 2.26. The highest BCUT2D eigenvalue weighted by Gasteiger charge is 2.25. The normalized spacial score (nSPS) is 14.1. The van der Waals surface area contributed by atoms with Crippen molar-refractivity contribution in [2.24, 2.45) is 0 Å². The van der Waals surface area contributed by atoms with Crippen LogP contribution in [0.3, 0.4) is 0 Å². The van der Waals surface area contributed by atoms with E-state index >= 15 is 0 Å². The van der Waals surface area contributed by atoms with Gasteiger partial charge in [-0.05, 0) is 36.1 Å². The highest BCUT2D eigenvalue weighted by Crippen LogP contribution is 2.27. The number of rotatable bonds is 5. The van der Waals surface area contributed by atoms with Crippen LogP contribution in [0.2, 0.25) is 0 Å². The van der Waals surface area contributed by atoms with Crippen LogP contribution in [0, 0.1) is 0 Å². The minimum absolute atomic E-state index is 0.0446. The number of nitrogens with one attached hydrogen (secondary N) is 1. The molecule has 0 fully saturated rings. The molecule has 0 amide bonds. The molecule has 0 radical (unpaired) electrons. The zero-order valence-corrected chi connectivity index (χ0v) is 12.4. The molecule has 2 nitrogen and oxygen atoms in total. The number of anilines is 1. The van der Waals surface area contributed by atoms with Gasteiger partial charge in [0.05, 0.1) is 12.1 Å². The second kappa shape index (κ2) is 6.10. The third kappa shape index (κ3) is 3.20. The van der Waals surface area contributed by atoms with Crippen molar-refractivity contribution < 1.29 is 5.11 Å². The van der Waals surface area contributed by atoms with Crippen molar-refractivity contribution in [1.82, 2.24) is 0 Å². The van der Waals surface area contributed by atoms with Crippen LogP contribution in [0.15, 0.2) is 54.6 Å². The summed E-state index contributed by atoms with van der Waals surface area (Å²) in [6.07, 6.45) is 0. The van der Waals surface area contributed by atoms with Crippen molar-refractivity contribution >= 4 is 5.69 Å². The largest absolute Gasteiger partial charge is 0.394 e. The molecule has 2 aromatic carbocycles. The second-order valence-electron chi connectivity index (χ2n) is 5.76. The molecule has 0 aliphatic rings. The number of aliphatic hydroxyl groups excluding tert-OH is 1. The van der Waals surface area contributed by atoms with Gasteiger partial charge in [-0.3, -0.25) is 0 Å². The molecular weight excluding hydrogens is 246 g/mol. The third-order valence-electron chi connectivity index (χ3n) is 3.72. The summed E-state index contributed by atoms with van der Waals surface area (Å²) in [5, 5.41) is 13.2. The Morgan fingerprint density at radius 1 is 1.00 bits per heavy atom. The van der Waals surface area contributed by atoms with E-state index in [1.165, 1.54) is 5.56 Å². The van der Waals surface area contributed by atoms with E-state index in [9.17, 15) is 5.11 Å². The lowest BCUT2D eigenvalue weighted by Gasteiger charge is -2.31. The number of hydrogen-bond acceptors (Lipinski definition) is 2. The Labute approximate surface area is 121 Å². The van der Waals surface area contributed by atoms with Crippen molar-refractivity contribution in [3.8, 4) is 0 Å². The Kier molecular flexibility index (Phi) is 4.46. The minimum Gasteiger partial charge on any atom is -0.394 e. The van der Waals surface area contributed by atoms with Crippen LogP contribution in [0.25, 0.3) is 0 Å². The maximum Gasteiger partial charge on any atom is 0.0828 e. The molecule has 2 rings (SSSR count). The Bertz CT molecular complexity index is 533. The lowest BCUT2D eigenvalue weighted by molar-refractivity contribution is 0.224. The van der Waals surface area contributed by atoms with Gasteiger partial charge in [0.15, 0.2) is 0 Å². The summed E-state index contributed by atoms with van der Waals surface area (Å²) in [7, 11) is 0. The molecule has 1 unspecified atom stereocenters. The molecule has 0 heterocycles. The van der Waals surface area contributed by atoms with Crippen molar-refractivity contribution in [2.75, 3.05) is 11.9 Å². The van der Waals surface area contributed by atoms with Crippen LogP contribution in [-0.2, 0) is 5.54 Å². The maximum absolute atomic E-state index is 9.82. The van der Waals surface area contributed by atoms with Crippen molar-refractivity contribution in [1.29, 1.82) is 0 Å². The Morgan fingerprint density at radius 3 is 2.10 bits per heavy atom. The summed E-state index contributed by atoms with van der Waals surface area (Å²) in [6, 6.07) is 18.5. The highest BCUT2D eigenvalue weighted by atomic mass is 16.3. The molecular formula is C18H23NO. The summed E-state index contributed by atoms with van der Waals surface area (Å²) in [5.41, 5.74) is 2.94. The Hall–Kier alpha value is -1.80. The number of benzene rings is 2. The van der Waals surface area contributed by atoms with Crippen LogP contribution in [-0.4, -0.2) is 11.7 Å². The third-order valence-corrected chi connectivity index (χ3v) is 3.72. The van der Waals surface area contributed by atoms with E-state index in [1.807, 2.05) is 37.3 Å². The SMILES string of the molecule is CC(C)c1ccc(C(C)(CO)Nc2ccccc2)cc1. The topological polar surface area (TPSA) is 32.3 Å². The molecule has 106 valence electrons. The van der Waals surface area contributed by atoms with Crippen molar-refractivity contribution in [3.63, 3.8) is 0 Å². The average molecular weight is 269 g/mol. The smallest absolute Gasteiger partial charge is 0.0828 e. The monoisotopic (exact) mass is 269 g/mol. The van der Waals surface area contributed by atoms with Gasteiger partial charge in [0.25, 0.3) is 0 Å². The quantitative estimate of drug-likeness (QED) is 0.855. The van der Waals surface area contributed by atoms with Crippen LogP contribution in [0.4, 0.5) is 5.69 Å². The minimum atomic E-state index is -0.475. The number of para-hydroxylation sites is 1. The molecule has 20 heavy (non-hydrogen) atoms. The van der Waals surface area contributed by atoms with Crippen molar-refractivity contribution in [2.45, 2.75) is 32.2 Å². The molecule has 2 aromatic rings. The summed E-state index contributed by atoms with van der Waals surface area (Å²) in [4.78, 5) is 0. The standard InChI is InChI=1S/C18H23NO/c1-14(2)15-9-11-16(12-10-15)18(3,13-20)19-17-7-5-4-6-8-17/h4-12,14,19-20H,13H2,1-3H3. The van der Waals surface area contributed by atoms with Gasteiger partial charge >= 0.3 is 0 Å². The summed E-state index contributed by atoms with van der Waals surface area (Å²) in [5.74, 6) is 0.520. The molecule has 2 heteroatoms. The van der Waals surface area contributed by atoms with E-state index in [0.29, 0.717) is 5.92 Å². The van der Waals surface area contributed by atoms with Gasteiger partial charge in [-0.15, -0.1) is 0 Å². The fraction of sp³-hybridized carbons (Fsp3) is 0.333. The van der Waals surface area contributed by atoms with E-state index in [1.54, 1.807) is 0 Å². The molecule has 0 bridgehead atoms. The molecule has 0 spiro atoms. The lowest BCUT2D eigenvalue weighted by Crippen LogP contribution is -2.35. The molecule has 2 N–H and O–H groups in total. The summed E-state index contributed by atoms with van der Waals surface area (Å²) < 4.78 is 0. The molecule has 1 atom stereocenters. The van der Waals surface area contributed by atoms with Gasteiger partial charge in [-0.25, -0.2) is 0 Å². The van der Waals surface area contributed by atoms with Gasteiger partial charge in [0.2, 0.25) is 0 Å². The first-order valence-electron chi connectivity index (χ1n) is 7.10. The molecule has 0 saturated carbocycles.